The molecule has 0 aromatic carbocycles. The second-order valence-electron chi connectivity index (χ2n) is 7.64. The van der Waals surface area contributed by atoms with Crippen LogP contribution in [0.4, 0.5) is 4.79 Å². The third-order valence-corrected chi connectivity index (χ3v) is 4.29. The Balaban J connectivity index is 1.87. The van der Waals surface area contributed by atoms with Crippen LogP contribution in [0.2, 0.25) is 0 Å². The van der Waals surface area contributed by atoms with Crippen LogP contribution in [0, 0.1) is 5.92 Å². The third-order valence-electron chi connectivity index (χ3n) is 4.29. The first kappa shape index (κ1) is 16.6. The Hall–Kier alpha value is -0.810. The van der Waals surface area contributed by atoms with Crippen molar-refractivity contribution in [3.05, 3.63) is 0 Å². The predicted molar refractivity (Wildman–Crippen MR) is 82.2 cm³/mol. The zero-order valence-corrected chi connectivity index (χ0v) is 13.7. The number of aliphatic hydroxyl groups is 1. The Morgan fingerprint density at radius 1 is 1.43 bits per heavy atom. The summed E-state index contributed by atoms with van der Waals surface area (Å²) in [6.07, 6.45) is 4.52. The summed E-state index contributed by atoms with van der Waals surface area (Å²) in [6, 6.07) is 0. The minimum Gasteiger partial charge on any atom is -0.444 e. The van der Waals surface area contributed by atoms with Crippen LogP contribution in [0.1, 0.15) is 52.9 Å². The summed E-state index contributed by atoms with van der Waals surface area (Å²) in [6.45, 7) is 8.82. The van der Waals surface area contributed by atoms with Gasteiger partial charge in [0, 0.05) is 19.6 Å². The highest BCUT2D eigenvalue weighted by atomic mass is 16.6. The largest absolute Gasteiger partial charge is 0.444 e. The minimum absolute atomic E-state index is 0.221. The van der Waals surface area contributed by atoms with Crippen molar-refractivity contribution in [3.8, 4) is 0 Å². The van der Waals surface area contributed by atoms with Gasteiger partial charge in [-0.05, 0) is 65.3 Å². The number of hydrogen-bond donors (Lipinski definition) is 2. The number of likely N-dealkylation sites (tertiary alicyclic amines) is 1. The van der Waals surface area contributed by atoms with E-state index in [1.807, 2.05) is 20.8 Å². The smallest absolute Gasteiger partial charge is 0.410 e. The summed E-state index contributed by atoms with van der Waals surface area (Å²) in [7, 11) is 0. The molecule has 0 aliphatic carbocycles. The summed E-state index contributed by atoms with van der Waals surface area (Å²) in [5.74, 6) is 0.371. The molecule has 5 heteroatoms. The third kappa shape index (κ3) is 5.15. The number of amides is 1. The van der Waals surface area contributed by atoms with Crippen LogP contribution in [0.25, 0.3) is 0 Å². The van der Waals surface area contributed by atoms with Crippen molar-refractivity contribution >= 4 is 6.09 Å². The van der Waals surface area contributed by atoms with E-state index in [-0.39, 0.29) is 6.09 Å². The van der Waals surface area contributed by atoms with Crippen molar-refractivity contribution in [1.82, 2.24) is 10.2 Å². The van der Waals surface area contributed by atoms with Crippen LogP contribution >= 0.6 is 0 Å². The number of rotatable bonds is 2. The van der Waals surface area contributed by atoms with Crippen LogP contribution in [0.15, 0.2) is 0 Å². The van der Waals surface area contributed by atoms with E-state index in [1.54, 1.807) is 4.90 Å². The van der Waals surface area contributed by atoms with Gasteiger partial charge in [0.25, 0.3) is 0 Å². The molecule has 2 fully saturated rings. The van der Waals surface area contributed by atoms with Crippen molar-refractivity contribution in [2.75, 3.05) is 26.2 Å². The van der Waals surface area contributed by atoms with Crippen molar-refractivity contribution in [2.45, 2.75) is 64.1 Å². The number of β-amino-alcohol motifs (C(OH)–C–C–N with tert-alkyl or cyclic N) is 1. The van der Waals surface area contributed by atoms with Gasteiger partial charge in [0.15, 0.2) is 0 Å². The lowest BCUT2D eigenvalue weighted by molar-refractivity contribution is -0.0221. The zero-order chi connectivity index (χ0) is 15.5. The van der Waals surface area contributed by atoms with Crippen LogP contribution < -0.4 is 5.32 Å². The van der Waals surface area contributed by atoms with Gasteiger partial charge in [-0.1, -0.05) is 0 Å². The highest BCUT2D eigenvalue weighted by Gasteiger charge is 2.35. The second-order valence-corrected chi connectivity index (χ2v) is 7.64. The van der Waals surface area contributed by atoms with Gasteiger partial charge in [0.2, 0.25) is 0 Å². The molecular weight excluding hydrogens is 268 g/mol. The molecule has 21 heavy (non-hydrogen) atoms. The molecule has 2 heterocycles. The van der Waals surface area contributed by atoms with E-state index in [0.29, 0.717) is 19.0 Å². The number of hydrogen-bond acceptors (Lipinski definition) is 4. The molecule has 0 saturated carbocycles. The summed E-state index contributed by atoms with van der Waals surface area (Å²) in [5, 5.41) is 13.9. The Labute approximate surface area is 128 Å². The summed E-state index contributed by atoms with van der Waals surface area (Å²) >= 11 is 0. The molecule has 0 spiro atoms. The Bertz CT molecular complexity index is 359. The van der Waals surface area contributed by atoms with Gasteiger partial charge in [-0.2, -0.15) is 0 Å². The monoisotopic (exact) mass is 298 g/mol. The molecule has 2 saturated heterocycles. The summed E-state index contributed by atoms with van der Waals surface area (Å²) < 4.78 is 5.45. The SMILES string of the molecule is CC(C)(C)OC(=O)N1CCCC(CC2(O)CCCNC2)C1. The average molecular weight is 298 g/mol. The van der Waals surface area contributed by atoms with Gasteiger partial charge in [-0.25, -0.2) is 4.79 Å². The second kappa shape index (κ2) is 6.53. The predicted octanol–water partition coefficient (Wildman–Crippen LogP) is 2.14. The van der Waals surface area contributed by atoms with Gasteiger partial charge < -0.3 is 20.1 Å². The fourth-order valence-corrected chi connectivity index (χ4v) is 3.39. The maximum Gasteiger partial charge on any atom is 0.410 e. The first-order valence-corrected chi connectivity index (χ1v) is 8.18. The molecule has 2 atom stereocenters. The summed E-state index contributed by atoms with van der Waals surface area (Å²) in [4.78, 5) is 14.0. The normalized spacial score (nSPS) is 31.0. The molecule has 2 aliphatic rings. The molecule has 2 aliphatic heterocycles. The van der Waals surface area contributed by atoms with E-state index in [9.17, 15) is 9.90 Å². The molecule has 1 amide bonds. The summed E-state index contributed by atoms with van der Waals surface area (Å²) in [5.41, 5.74) is -1.05. The lowest BCUT2D eigenvalue weighted by Crippen LogP contribution is -2.49. The lowest BCUT2D eigenvalue weighted by Gasteiger charge is -2.39. The minimum atomic E-state index is -0.597. The van der Waals surface area contributed by atoms with E-state index in [0.717, 1.165) is 45.2 Å². The molecule has 0 aromatic heterocycles. The molecule has 0 aromatic rings. The molecule has 2 rings (SSSR count). The van der Waals surface area contributed by atoms with Crippen molar-refractivity contribution < 1.29 is 14.6 Å². The standard InChI is InChI=1S/C16H30N2O3/c1-15(2,3)21-14(19)18-9-4-6-13(11-18)10-16(20)7-5-8-17-12-16/h13,17,20H,4-12H2,1-3H3. The van der Waals surface area contributed by atoms with Gasteiger partial charge in [0.05, 0.1) is 5.60 Å². The van der Waals surface area contributed by atoms with Crippen LogP contribution in [0.5, 0.6) is 0 Å². The first-order chi connectivity index (χ1) is 9.77. The molecule has 5 nitrogen and oxygen atoms in total. The van der Waals surface area contributed by atoms with Crippen molar-refractivity contribution in [2.24, 2.45) is 5.92 Å². The van der Waals surface area contributed by atoms with Crippen LogP contribution in [-0.4, -0.2) is 53.5 Å². The highest BCUT2D eigenvalue weighted by molar-refractivity contribution is 5.68. The van der Waals surface area contributed by atoms with E-state index in [2.05, 4.69) is 5.32 Å². The number of nitrogens with zero attached hydrogens (tertiary/aromatic N) is 1. The number of nitrogens with one attached hydrogen (secondary N) is 1. The molecule has 2 unspecified atom stereocenters. The van der Waals surface area contributed by atoms with E-state index in [4.69, 9.17) is 4.74 Å². The Morgan fingerprint density at radius 2 is 2.19 bits per heavy atom. The van der Waals surface area contributed by atoms with E-state index >= 15 is 0 Å². The van der Waals surface area contributed by atoms with Crippen molar-refractivity contribution in [1.29, 1.82) is 0 Å². The number of piperidine rings is 2. The fraction of sp³-hybridized carbons (Fsp3) is 0.938. The van der Waals surface area contributed by atoms with E-state index in [1.165, 1.54) is 0 Å². The Morgan fingerprint density at radius 3 is 2.81 bits per heavy atom. The zero-order valence-electron chi connectivity index (χ0n) is 13.7. The van der Waals surface area contributed by atoms with Crippen molar-refractivity contribution in [3.63, 3.8) is 0 Å². The highest BCUT2D eigenvalue weighted by Crippen LogP contribution is 2.30. The van der Waals surface area contributed by atoms with Gasteiger partial charge in [0.1, 0.15) is 5.60 Å². The number of carbonyl (C=O) groups excluding carboxylic acids is 1. The molecular formula is C16H30N2O3. The number of carbonyl (C=O) groups is 1. The Kier molecular flexibility index (Phi) is 5.15. The first-order valence-electron chi connectivity index (χ1n) is 8.18. The fourth-order valence-electron chi connectivity index (χ4n) is 3.39. The lowest BCUT2D eigenvalue weighted by atomic mass is 9.81. The van der Waals surface area contributed by atoms with Gasteiger partial charge >= 0.3 is 6.09 Å². The van der Waals surface area contributed by atoms with Crippen LogP contribution in [-0.2, 0) is 4.74 Å². The molecule has 0 bridgehead atoms. The topological polar surface area (TPSA) is 61.8 Å². The maximum atomic E-state index is 12.2. The van der Waals surface area contributed by atoms with Crippen LogP contribution in [0.3, 0.4) is 0 Å². The van der Waals surface area contributed by atoms with Gasteiger partial charge in [-0.15, -0.1) is 0 Å². The number of ether oxygens (including phenoxy) is 1. The van der Waals surface area contributed by atoms with E-state index < -0.39 is 11.2 Å². The maximum absolute atomic E-state index is 12.2. The molecule has 122 valence electrons. The van der Waals surface area contributed by atoms with Gasteiger partial charge in [-0.3, -0.25) is 0 Å². The quantitative estimate of drug-likeness (QED) is 0.820. The average Bonchev–Trinajstić information content (AvgIpc) is 2.37. The molecule has 0 radical (unpaired) electrons. The molecule has 2 N–H and O–H groups in total.